The third kappa shape index (κ3) is 2.48. The summed E-state index contributed by atoms with van der Waals surface area (Å²) in [6.45, 7) is 3.86. The normalized spacial score (nSPS) is 11.1. The van der Waals surface area contributed by atoms with Crippen molar-refractivity contribution in [2.75, 3.05) is 0 Å². The van der Waals surface area contributed by atoms with Gasteiger partial charge in [0.2, 0.25) is 0 Å². The molecule has 0 saturated carbocycles. The molecule has 128 valence electrons. The molecule has 1 nitrogen and oxygen atoms in total. The molecule has 0 aliphatic rings. The fourth-order valence-corrected chi connectivity index (χ4v) is 3.91. The second kappa shape index (κ2) is 6.30. The molecule has 1 aromatic heterocycles. The maximum Gasteiger partial charge on any atom is 0.0547 e. The largest absolute Gasteiger partial charge is 0.309 e. The molecule has 0 saturated heterocycles. The van der Waals surface area contributed by atoms with E-state index in [1.54, 1.807) is 0 Å². The van der Waals surface area contributed by atoms with Gasteiger partial charge in [0.05, 0.1) is 11.0 Å². The van der Waals surface area contributed by atoms with Crippen molar-refractivity contribution in [2.24, 2.45) is 0 Å². The molecule has 1 heteroatoms. The number of benzene rings is 4. The van der Waals surface area contributed by atoms with Gasteiger partial charge in [0.15, 0.2) is 0 Å². The maximum absolute atomic E-state index is 3.86. The van der Waals surface area contributed by atoms with Crippen molar-refractivity contribution in [3.05, 3.63) is 109 Å². The first kappa shape index (κ1) is 15.7. The van der Waals surface area contributed by atoms with E-state index in [1.807, 2.05) is 6.08 Å². The van der Waals surface area contributed by atoms with Crippen molar-refractivity contribution >= 4 is 27.9 Å². The van der Waals surface area contributed by atoms with Crippen LogP contribution in [0.1, 0.15) is 5.56 Å². The van der Waals surface area contributed by atoms with Crippen LogP contribution in [0, 0.1) is 0 Å². The number of para-hydroxylation sites is 2. The number of aromatic nitrogens is 1. The molecule has 1 heterocycles. The third-order valence-electron chi connectivity index (χ3n) is 5.17. The zero-order valence-electron chi connectivity index (χ0n) is 15.0. The van der Waals surface area contributed by atoms with E-state index in [0.29, 0.717) is 0 Å². The number of fused-ring (bicyclic) bond motifs is 3. The van der Waals surface area contributed by atoms with E-state index >= 15 is 0 Å². The second-order valence-electron chi connectivity index (χ2n) is 6.71. The van der Waals surface area contributed by atoms with E-state index in [1.165, 1.54) is 38.6 Å². The highest BCUT2D eigenvalue weighted by atomic mass is 15.0. The van der Waals surface area contributed by atoms with E-state index in [0.717, 1.165) is 5.56 Å². The van der Waals surface area contributed by atoms with Crippen LogP contribution in [-0.2, 0) is 0 Å². The van der Waals surface area contributed by atoms with E-state index in [4.69, 9.17) is 0 Å². The lowest BCUT2D eigenvalue weighted by atomic mass is 9.98. The fraction of sp³-hybridized carbons (Fsp3) is 0. The Balaban J connectivity index is 1.89. The van der Waals surface area contributed by atoms with Crippen LogP contribution < -0.4 is 0 Å². The van der Waals surface area contributed by atoms with Crippen molar-refractivity contribution in [3.8, 4) is 16.8 Å². The van der Waals surface area contributed by atoms with Crippen molar-refractivity contribution in [1.29, 1.82) is 0 Å². The summed E-state index contributed by atoms with van der Waals surface area (Å²) in [6, 6.07) is 34.4. The molecule has 0 aliphatic carbocycles. The Labute approximate surface area is 158 Å². The summed E-state index contributed by atoms with van der Waals surface area (Å²) in [4.78, 5) is 0. The molecule has 5 aromatic rings. The highest BCUT2D eigenvalue weighted by Gasteiger charge is 2.15. The minimum Gasteiger partial charge on any atom is -0.309 e. The summed E-state index contributed by atoms with van der Waals surface area (Å²) in [7, 11) is 0. The molecule has 4 aromatic carbocycles. The standard InChI is InChI=1S/C26H19N/c1-2-19-15-17-20(18-16-19)22-12-8-14-25-26(22)23-11-6-7-13-24(23)27(25)21-9-4-3-5-10-21/h2-18H,1H2. The predicted molar refractivity (Wildman–Crippen MR) is 116 cm³/mol. The van der Waals surface area contributed by atoms with Crippen LogP contribution >= 0.6 is 0 Å². The van der Waals surface area contributed by atoms with Crippen molar-refractivity contribution in [2.45, 2.75) is 0 Å². The molecular weight excluding hydrogens is 326 g/mol. The Morgan fingerprint density at radius 2 is 1.33 bits per heavy atom. The molecule has 27 heavy (non-hydrogen) atoms. The van der Waals surface area contributed by atoms with Crippen LogP contribution in [0.5, 0.6) is 0 Å². The smallest absolute Gasteiger partial charge is 0.0547 e. The Morgan fingerprint density at radius 3 is 2.11 bits per heavy atom. The lowest BCUT2D eigenvalue weighted by Crippen LogP contribution is -1.92. The van der Waals surface area contributed by atoms with Gasteiger partial charge in [0.25, 0.3) is 0 Å². The summed E-state index contributed by atoms with van der Waals surface area (Å²) in [5.41, 5.74) is 7.26. The summed E-state index contributed by atoms with van der Waals surface area (Å²) in [5, 5.41) is 2.57. The van der Waals surface area contributed by atoms with Crippen molar-refractivity contribution in [1.82, 2.24) is 4.57 Å². The van der Waals surface area contributed by atoms with Crippen molar-refractivity contribution < 1.29 is 0 Å². The van der Waals surface area contributed by atoms with Gasteiger partial charge in [0.1, 0.15) is 0 Å². The average molecular weight is 345 g/mol. The minimum absolute atomic E-state index is 1.14. The van der Waals surface area contributed by atoms with Gasteiger partial charge in [-0.2, -0.15) is 0 Å². The maximum atomic E-state index is 3.86. The van der Waals surface area contributed by atoms with Gasteiger partial charge < -0.3 is 4.57 Å². The monoisotopic (exact) mass is 345 g/mol. The van der Waals surface area contributed by atoms with Crippen LogP contribution in [0.25, 0.3) is 44.7 Å². The number of hydrogen-bond acceptors (Lipinski definition) is 0. The first-order chi connectivity index (χ1) is 13.4. The second-order valence-corrected chi connectivity index (χ2v) is 6.71. The van der Waals surface area contributed by atoms with Gasteiger partial charge in [-0.05, 0) is 41.0 Å². The molecule has 0 radical (unpaired) electrons. The molecule has 0 aliphatic heterocycles. The van der Waals surface area contributed by atoms with E-state index < -0.39 is 0 Å². The van der Waals surface area contributed by atoms with Crippen LogP contribution in [0.2, 0.25) is 0 Å². The first-order valence-electron chi connectivity index (χ1n) is 9.17. The lowest BCUT2D eigenvalue weighted by Gasteiger charge is -2.08. The summed E-state index contributed by atoms with van der Waals surface area (Å²) < 4.78 is 2.35. The molecule has 5 rings (SSSR count). The SMILES string of the molecule is C=Cc1ccc(-c2cccc3c2c2ccccc2n3-c2ccccc2)cc1. The molecule has 0 fully saturated rings. The van der Waals surface area contributed by atoms with Gasteiger partial charge in [-0.3, -0.25) is 0 Å². The van der Waals surface area contributed by atoms with E-state index in [-0.39, 0.29) is 0 Å². The lowest BCUT2D eigenvalue weighted by molar-refractivity contribution is 1.18. The molecule has 0 spiro atoms. The zero-order valence-corrected chi connectivity index (χ0v) is 15.0. The van der Waals surface area contributed by atoms with E-state index in [9.17, 15) is 0 Å². The highest BCUT2D eigenvalue weighted by Crippen LogP contribution is 2.38. The van der Waals surface area contributed by atoms with Crippen LogP contribution in [-0.4, -0.2) is 4.57 Å². The molecular formula is C26H19N. The van der Waals surface area contributed by atoms with Gasteiger partial charge in [-0.25, -0.2) is 0 Å². The van der Waals surface area contributed by atoms with Crippen molar-refractivity contribution in [3.63, 3.8) is 0 Å². The predicted octanol–water partition coefficient (Wildman–Crippen LogP) is 7.09. The fourth-order valence-electron chi connectivity index (χ4n) is 3.91. The number of nitrogens with zero attached hydrogens (tertiary/aromatic N) is 1. The Kier molecular flexibility index (Phi) is 3.65. The summed E-state index contributed by atoms with van der Waals surface area (Å²) in [5.74, 6) is 0. The average Bonchev–Trinajstić information content (AvgIpc) is 3.09. The molecule has 0 N–H and O–H groups in total. The van der Waals surface area contributed by atoms with Gasteiger partial charge in [-0.15, -0.1) is 0 Å². The molecule has 0 unspecified atom stereocenters. The minimum atomic E-state index is 1.14. The van der Waals surface area contributed by atoms with Gasteiger partial charge >= 0.3 is 0 Å². The quantitative estimate of drug-likeness (QED) is 0.329. The Hall–Kier alpha value is -3.58. The molecule has 0 atom stereocenters. The molecule has 0 bridgehead atoms. The molecule has 0 amide bonds. The zero-order chi connectivity index (χ0) is 18.2. The summed E-state index contributed by atoms with van der Waals surface area (Å²) in [6.07, 6.45) is 1.88. The summed E-state index contributed by atoms with van der Waals surface area (Å²) >= 11 is 0. The Morgan fingerprint density at radius 1 is 0.630 bits per heavy atom. The van der Waals surface area contributed by atoms with Crippen LogP contribution in [0.4, 0.5) is 0 Å². The van der Waals surface area contributed by atoms with Crippen LogP contribution in [0.15, 0.2) is 104 Å². The van der Waals surface area contributed by atoms with Gasteiger partial charge in [-0.1, -0.05) is 85.5 Å². The number of rotatable bonds is 3. The van der Waals surface area contributed by atoms with Crippen LogP contribution in [0.3, 0.4) is 0 Å². The third-order valence-corrected chi connectivity index (χ3v) is 5.17. The highest BCUT2D eigenvalue weighted by molar-refractivity contribution is 6.15. The number of hydrogen-bond donors (Lipinski definition) is 0. The van der Waals surface area contributed by atoms with E-state index in [2.05, 4.69) is 108 Å². The Bertz CT molecular complexity index is 1260. The first-order valence-corrected chi connectivity index (χ1v) is 9.17. The van der Waals surface area contributed by atoms with Gasteiger partial charge in [0, 0.05) is 16.5 Å². The topological polar surface area (TPSA) is 4.93 Å².